The molecule has 0 saturated carbocycles. The lowest BCUT2D eigenvalue weighted by Gasteiger charge is -2.10. The van der Waals surface area contributed by atoms with Gasteiger partial charge in [0.25, 0.3) is 5.91 Å². The quantitative estimate of drug-likeness (QED) is 0.922. The fourth-order valence-corrected chi connectivity index (χ4v) is 3.82. The number of hydrogen-bond donors (Lipinski definition) is 1. The van der Waals surface area contributed by atoms with Crippen molar-refractivity contribution < 1.29 is 17.9 Å². The summed E-state index contributed by atoms with van der Waals surface area (Å²) in [4.78, 5) is 12.4. The van der Waals surface area contributed by atoms with E-state index in [2.05, 4.69) is 5.32 Å². The van der Waals surface area contributed by atoms with Crippen LogP contribution in [0.2, 0.25) is 0 Å². The van der Waals surface area contributed by atoms with Crippen molar-refractivity contribution in [2.24, 2.45) is 7.05 Å². The van der Waals surface area contributed by atoms with Crippen molar-refractivity contribution in [2.45, 2.75) is 6.04 Å². The van der Waals surface area contributed by atoms with Crippen LogP contribution < -0.4 is 10.1 Å². The monoisotopic (exact) mass is 320 g/mol. The minimum absolute atomic E-state index is 0.0868. The summed E-state index contributed by atoms with van der Waals surface area (Å²) in [7, 11) is 0.199. The van der Waals surface area contributed by atoms with Gasteiger partial charge in [0.1, 0.15) is 11.4 Å². The molecule has 3 rings (SSSR count). The molecule has 1 aromatic heterocycles. The molecule has 1 aliphatic rings. The molecule has 2 aromatic rings. The van der Waals surface area contributed by atoms with Crippen LogP contribution in [0.25, 0.3) is 10.9 Å². The minimum Gasteiger partial charge on any atom is -0.497 e. The first-order valence-corrected chi connectivity index (χ1v) is 8.46. The molecule has 0 fully saturated rings. The van der Waals surface area contributed by atoms with Gasteiger partial charge < -0.3 is 14.6 Å². The number of rotatable bonds is 3. The summed E-state index contributed by atoms with van der Waals surface area (Å²) in [5, 5.41) is 4.76. The molecular weight excluding hydrogens is 304 g/mol. The molecule has 7 heteroatoms. The number of amides is 1. The highest BCUT2D eigenvalue weighted by atomic mass is 32.2. The third kappa shape index (κ3) is 2.59. The SMILES string of the molecule is COc1ccc2c(c1)cc(C(=O)NC1C=CS(=O)(=O)C1)n2C. The lowest BCUT2D eigenvalue weighted by molar-refractivity contribution is 0.0940. The first-order valence-electron chi connectivity index (χ1n) is 6.75. The van der Waals surface area contributed by atoms with Crippen LogP contribution in [0.5, 0.6) is 5.75 Å². The Balaban J connectivity index is 1.88. The van der Waals surface area contributed by atoms with Crippen LogP contribution in [0, 0.1) is 0 Å². The molecule has 1 atom stereocenters. The molecular formula is C15H16N2O4S. The van der Waals surface area contributed by atoms with E-state index >= 15 is 0 Å². The van der Waals surface area contributed by atoms with Gasteiger partial charge in [-0.15, -0.1) is 0 Å². The van der Waals surface area contributed by atoms with E-state index < -0.39 is 15.9 Å². The average Bonchev–Trinajstić information content (AvgIpc) is 2.98. The van der Waals surface area contributed by atoms with Crippen LogP contribution in [0.1, 0.15) is 10.5 Å². The summed E-state index contributed by atoms with van der Waals surface area (Å²) in [5.41, 5.74) is 1.38. The number of hydrogen-bond acceptors (Lipinski definition) is 4. The fourth-order valence-electron chi connectivity index (χ4n) is 2.58. The van der Waals surface area contributed by atoms with Gasteiger partial charge in [0, 0.05) is 23.4 Å². The van der Waals surface area contributed by atoms with Crippen molar-refractivity contribution in [1.82, 2.24) is 9.88 Å². The van der Waals surface area contributed by atoms with Crippen molar-refractivity contribution >= 4 is 26.6 Å². The second-order valence-electron chi connectivity index (χ2n) is 5.25. The van der Waals surface area contributed by atoms with Crippen LogP contribution in [0.4, 0.5) is 0 Å². The maximum Gasteiger partial charge on any atom is 0.268 e. The molecule has 0 aliphatic carbocycles. The predicted octanol–water partition coefficient (Wildman–Crippen LogP) is 1.23. The molecule has 22 heavy (non-hydrogen) atoms. The number of sulfone groups is 1. The molecule has 1 N–H and O–H groups in total. The van der Waals surface area contributed by atoms with E-state index in [0.29, 0.717) is 5.69 Å². The van der Waals surface area contributed by atoms with Gasteiger partial charge in [0.2, 0.25) is 0 Å². The first kappa shape index (κ1) is 14.6. The Hall–Kier alpha value is -2.28. The van der Waals surface area contributed by atoms with Crippen LogP contribution in [-0.4, -0.2) is 37.8 Å². The topological polar surface area (TPSA) is 77.4 Å². The van der Waals surface area contributed by atoms with Crippen LogP contribution >= 0.6 is 0 Å². The summed E-state index contributed by atoms with van der Waals surface area (Å²) in [5.74, 6) is 0.329. The molecule has 116 valence electrons. The Bertz CT molecular complexity index is 880. The zero-order chi connectivity index (χ0) is 15.9. The number of ether oxygens (including phenoxy) is 1. The highest BCUT2D eigenvalue weighted by Crippen LogP contribution is 2.24. The fraction of sp³-hybridized carbons (Fsp3) is 0.267. The number of fused-ring (bicyclic) bond motifs is 1. The van der Waals surface area contributed by atoms with Gasteiger partial charge in [-0.1, -0.05) is 0 Å². The summed E-state index contributed by atoms with van der Waals surface area (Å²) in [6, 6.07) is 6.85. The first-order chi connectivity index (χ1) is 10.4. The Morgan fingerprint density at radius 1 is 1.36 bits per heavy atom. The average molecular weight is 320 g/mol. The van der Waals surface area contributed by atoms with Crippen LogP contribution in [0.3, 0.4) is 0 Å². The minimum atomic E-state index is -3.19. The maximum atomic E-state index is 12.4. The van der Waals surface area contributed by atoms with E-state index in [-0.39, 0.29) is 11.7 Å². The Morgan fingerprint density at radius 2 is 2.14 bits per heavy atom. The van der Waals surface area contributed by atoms with E-state index in [0.717, 1.165) is 22.1 Å². The summed E-state index contributed by atoms with van der Waals surface area (Å²) in [6.45, 7) is 0. The normalized spacial score (nSPS) is 19.5. The van der Waals surface area contributed by atoms with Crippen molar-refractivity contribution in [1.29, 1.82) is 0 Å². The number of methoxy groups -OCH3 is 1. The van der Waals surface area contributed by atoms with Gasteiger partial charge in [-0.3, -0.25) is 4.79 Å². The number of carbonyl (C=O) groups excluding carboxylic acids is 1. The van der Waals surface area contributed by atoms with Gasteiger partial charge in [-0.25, -0.2) is 8.42 Å². The third-order valence-electron chi connectivity index (χ3n) is 3.73. The van der Waals surface area contributed by atoms with E-state index in [4.69, 9.17) is 4.74 Å². The summed E-state index contributed by atoms with van der Waals surface area (Å²) in [6.07, 6.45) is 1.50. The molecule has 0 saturated heterocycles. The van der Waals surface area contributed by atoms with Crippen LogP contribution in [0.15, 0.2) is 35.7 Å². The standard InChI is InChI=1S/C15H16N2O4S/c1-17-13-4-3-12(21-2)7-10(13)8-14(17)15(18)16-11-5-6-22(19,20)9-11/h3-8,11H,9H2,1-2H3,(H,16,18). The van der Waals surface area contributed by atoms with E-state index in [1.54, 1.807) is 24.8 Å². The van der Waals surface area contributed by atoms with Crippen molar-refractivity contribution in [3.8, 4) is 5.75 Å². The highest BCUT2D eigenvalue weighted by molar-refractivity contribution is 7.94. The lowest BCUT2D eigenvalue weighted by Crippen LogP contribution is -2.36. The van der Waals surface area contributed by atoms with Gasteiger partial charge >= 0.3 is 0 Å². The lowest BCUT2D eigenvalue weighted by atomic mass is 10.2. The van der Waals surface area contributed by atoms with Crippen molar-refractivity contribution in [2.75, 3.05) is 12.9 Å². The van der Waals surface area contributed by atoms with E-state index in [9.17, 15) is 13.2 Å². The Kier molecular flexibility index (Phi) is 3.44. The molecule has 1 aromatic carbocycles. The van der Waals surface area contributed by atoms with Crippen LogP contribution in [-0.2, 0) is 16.9 Å². The van der Waals surface area contributed by atoms with Gasteiger partial charge in [0.05, 0.1) is 18.9 Å². The molecule has 1 unspecified atom stereocenters. The van der Waals surface area contributed by atoms with Crippen molar-refractivity contribution in [3.05, 3.63) is 41.4 Å². The maximum absolute atomic E-state index is 12.4. The Labute approximate surface area is 128 Å². The van der Waals surface area contributed by atoms with Crippen molar-refractivity contribution in [3.63, 3.8) is 0 Å². The molecule has 0 radical (unpaired) electrons. The smallest absolute Gasteiger partial charge is 0.268 e. The third-order valence-corrected chi connectivity index (χ3v) is 5.12. The van der Waals surface area contributed by atoms with Gasteiger partial charge in [-0.05, 0) is 30.3 Å². The van der Waals surface area contributed by atoms with Gasteiger partial charge in [0.15, 0.2) is 9.84 Å². The molecule has 0 spiro atoms. The number of nitrogens with zero attached hydrogens (tertiary/aromatic N) is 1. The molecule has 0 bridgehead atoms. The number of benzene rings is 1. The zero-order valence-electron chi connectivity index (χ0n) is 12.2. The Morgan fingerprint density at radius 3 is 2.77 bits per heavy atom. The number of aromatic nitrogens is 1. The van der Waals surface area contributed by atoms with E-state index in [1.165, 1.54) is 6.08 Å². The predicted molar refractivity (Wildman–Crippen MR) is 83.7 cm³/mol. The summed E-state index contributed by atoms with van der Waals surface area (Å²) < 4.78 is 29.7. The second kappa shape index (κ2) is 5.17. The summed E-state index contributed by atoms with van der Waals surface area (Å²) >= 11 is 0. The molecule has 1 amide bonds. The molecule has 6 nitrogen and oxygen atoms in total. The highest BCUT2D eigenvalue weighted by Gasteiger charge is 2.24. The number of carbonyl (C=O) groups is 1. The zero-order valence-corrected chi connectivity index (χ0v) is 13.1. The molecule has 2 heterocycles. The van der Waals surface area contributed by atoms with E-state index in [1.807, 2.05) is 18.2 Å². The second-order valence-corrected chi connectivity index (χ2v) is 7.18. The number of nitrogens with one attached hydrogen (secondary N) is 1. The molecule has 1 aliphatic heterocycles. The van der Waals surface area contributed by atoms with Gasteiger partial charge in [-0.2, -0.15) is 0 Å². The largest absolute Gasteiger partial charge is 0.497 e. The number of aryl methyl sites for hydroxylation is 1.